The molecule has 4 aliphatic rings. The third-order valence-corrected chi connectivity index (χ3v) is 9.71. The minimum Gasteiger partial charge on any atom is -0.492 e. The van der Waals surface area contributed by atoms with Gasteiger partial charge in [0, 0.05) is 13.0 Å². The quantitative estimate of drug-likeness (QED) is 0.187. The van der Waals surface area contributed by atoms with Gasteiger partial charge in [0.15, 0.2) is 0 Å². The van der Waals surface area contributed by atoms with Crippen molar-refractivity contribution in [2.24, 2.45) is 11.8 Å². The highest BCUT2D eigenvalue weighted by atomic mass is 35.5. The van der Waals surface area contributed by atoms with E-state index in [4.69, 9.17) is 27.9 Å². The Morgan fingerprint density at radius 2 is 1.30 bits per heavy atom. The fourth-order valence-electron chi connectivity index (χ4n) is 6.74. The van der Waals surface area contributed by atoms with Crippen LogP contribution in [0.25, 0.3) is 0 Å². The molecular formula is C32H30Cl2N2O4. The van der Waals surface area contributed by atoms with E-state index in [2.05, 4.69) is 5.32 Å². The first-order valence-corrected chi connectivity index (χ1v) is 14.5. The number of hydrogen-bond acceptors (Lipinski definition) is 4. The third kappa shape index (κ3) is 3.87. The molecule has 3 aromatic rings. The summed E-state index contributed by atoms with van der Waals surface area (Å²) in [5.74, 6) is -1.57. The summed E-state index contributed by atoms with van der Waals surface area (Å²) in [5.41, 5.74) is 3.84. The predicted octanol–water partition coefficient (Wildman–Crippen LogP) is 6.18. The maximum Gasteiger partial charge on any atom is 0.235 e. The molecule has 2 atom stereocenters. The number of alkyl halides is 2. The minimum atomic E-state index is -1.16. The van der Waals surface area contributed by atoms with Crippen LogP contribution in [-0.4, -0.2) is 35.8 Å². The van der Waals surface area contributed by atoms with Gasteiger partial charge in [-0.25, -0.2) is 0 Å². The Kier molecular flexibility index (Phi) is 6.87. The van der Waals surface area contributed by atoms with E-state index in [1.165, 1.54) is 4.90 Å². The minimum absolute atomic E-state index is 0.105. The highest BCUT2D eigenvalue weighted by Gasteiger charge is 2.72. The number of amides is 3. The zero-order valence-corrected chi connectivity index (χ0v) is 23.7. The smallest absolute Gasteiger partial charge is 0.235 e. The summed E-state index contributed by atoms with van der Waals surface area (Å²) in [6, 6.07) is 22.6. The van der Waals surface area contributed by atoms with Crippen LogP contribution in [0.5, 0.6) is 5.75 Å². The highest BCUT2D eigenvalue weighted by Crippen LogP contribution is 2.69. The van der Waals surface area contributed by atoms with Gasteiger partial charge < -0.3 is 10.1 Å². The number of ether oxygens (including phenoxy) is 1. The molecular weight excluding hydrogens is 547 g/mol. The van der Waals surface area contributed by atoms with Crippen LogP contribution >= 0.6 is 23.2 Å². The summed E-state index contributed by atoms with van der Waals surface area (Å²) in [4.78, 5) is 39.2. The monoisotopic (exact) mass is 576 g/mol. The molecule has 3 aromatic carbocycles. The molecule has 1 N–H and O–H groups in total. The maximum absolute atomic E-state index is 13.9. The molecule has 0 aromatic heterocycles. The molecule has 1 heterocycles. The number of anilines is 1. The average molecular weight is 578 g/mol. The number of rotatable bonds is 9. The van der Waals surface area contributed by atoms with E-state index in [9.17, 15) is 14.4 Å². The van der Waals surface area contributed by atoms with Gasteiger partial charge in [0.2, 0.25) is 17.7 Å². The predicted molar refractivity (Wildman–Crippen MR) is 155 cm³/mol. The fraction of sp³-hybridized carbons (Fsp3) is 0.344. The molecule has 1 aliphatic heterocycles. The molecule has 7 rings (SSSR count). The Morgan fingerprint density at radius 1 is 0.800 bits per heavy atom. The van der Waals surface area contributed by atoms with Crippen LogP contribution in [0.15, 0.2) is 72.8 Å². The second-order valence-electron chi connectivity index (χ2n) is 10.6. The Morgan fingerprint density at radius 3 is 1.82 bits per heavy atom. The summed E-state index contributed by atoms with van der Waals surface area (Å²) in [6.07, 6.45) is 2.23. The van der Waals surface area contributed by atoms with Crippen molar-refractivity contribution in [3.05, 3.63) is 95.1 Å². The summed E-state index contributed by atoms with van der Waals surface area (Å²) in [5, 5.41) is 2.91. The van der Waals surface area contributed by atoms with Crippen molar-refractivity contribution in [2.75, 3.05) is 18.5 Å². The van der Waals surface area contributed by atoms with Gasteiger partial charge in [-0.15, -0.1) is 23.2 Å². The Labute approximate surface area is 243 Å². The SMILES string of the molecule is CCOc1ccccc1NC(=O)CCCCCN1C(=O)[C@@H]2[C@@H](C1=O)C1(Cl)c3ccccc3C2(Cl)c2ccccc21. The number of carbonyl (C=O) groups excluding carboxylic acids is 3. The lowest BCUT2D eigenvalue weighted by Gasteiger charge is -2.54. The van der Waals surface area contributed by atoms with Gasteiger partial charge in [0.1, 0.15) is 15.5 Å². The van der Waals surface area contributed by atoms with Crippen molar-refractivity contribution in [3.63, 3.8) is 0 Å². The first-order chi connectivity index (χ1) is 19.3. The number of likely N-dealkylation sites (tertiary alicyclic amines) is 1. The van der Waals surface area contributed by atoms with Crippen molar-refractivity contribution in [1.82, 2.24) is 4.90 Å². The van der Waals surface area contributed by atoms with E-state index in [1.54, 1.807) is 0 Å². The molecule has 0 saturated carbocycles. The third-order valence-electron chi connectivity index (χ3n) is 8.42. The molecule has 0 unspecified atom stereocenters. The van der Waals surface area contributed by atoms with Gasteiger partial charge in [-0.3, -0.25) is 19.3 Å². The Hall–Kier alpha value is -3.35. The van der Waals surface area contributed by atoms with Crippen LogP contribution in [0.2, 0.25) is 0 Å². The Bertz CT molecular complexity index is 1380. The standard InChI is InChI=1S/C32H30Cl2N2O4/c1-2-40-25-17-10-9-16-24(25)35-26(37)18-4-3-11-19-36-29(38)27-28(30(36)39)32(34)21-13-6-5-12-20(21)31(27,33)22-14-7-8-15-23(22)32/h5-10,12-17,27-28H,2-4,11,18-19H2,1H3,(H,35,37)/t27-,28-,31?,32?/m0/s1. The molecule has 2 bridgehead atoms. The lowest BCUT2D eigenvalue weighted by molar-refractivity contribution is -0.140. The van der Waals surface area contributed by atoms with E-state index in [0.29, 0.717) is 43.7 Å². The molecule has 6 nitrogen and oxygen atoms in total. The van der Waals surface area contributed by atoms with Gasteiger partial charge in [-0.2, -0.15) is 0 Å². The topological polar surface area (TPSA) is 75.7 Å². The molecule has 8 heteroatoms. The first kappa shape index (κ1) is 26.9. The van der Waals surface area contributed by atoms with Crippen molar-refractivity contribution < 1.29 is 19.1 Å². The van der Waals surface area contributed by atoms with Gasteiger partial charge in [0.05, 0.1) is 24.1 Å². The maximum atomic E-state index is 13.9. The van der Waals surface area contributed by atoms with Crippen molar-refractivity contribution in [2.45, 2.75) is 42.4 Å². The first-order valence-electron chi connectivity index (χ1n) is 13.8. The molecule has 1 fully saturated rings. The number of para-hydroxylation sites is 2. The molecule has 1 saturated heterocycles. The van der Waals surface area contributed by atoms with E-state index >= 15 is 0 Å². The number of imide groups is 1. The van der Waals surface area contributed by atoms with Crippen molar-refractivity contribution >= 4 is 46.6 Å². The van der Waals surface area contributed by atoms with Gasteiger partial charge in [-0.1, -0.05) is 67.1 Å². The zero-order valence-electron chi connectivity index (χ0n) is 22.2. The molecule has 40 heavy (non-hydrogen) atoms. The van der Waals surface area contributed by atoms with E-state index in [1.807, 2.05) is 79.7 Å². The lowest BCUT2D eigenvalue weighted by atomic mass is 9.54. The lowest BCUT2D eigenvalue weighted by Crippen LogP contribution is -2.57. The number of nitrogens with one attached hydrogen (secondary N) is 1. The summed E-state index contributed by atoms with van der Waals surface area (Å²) >= 11 is 14.9. The van der Waals surface area contributed by atoms with Crippen molar-refractivity contribution in [1.29, 1.82) is 0 Å². The van der Waals surface area contributed by atoms with Crippen LogP contribution in [0.3, 0.4) is 0 Å². The van der Waals surface area contributed by atoms with Crippen LogP contribution in [0.4, 0.5) is 5.69 Å². The van der Waals surface area contributed by atoms with Crippen LogP contribution in [0.1, 0.15) is 54.9 Å². The highest BCUT2D eigenvalue weighted by molar-refractivity contribution is 6.36. The number of nitrogens with zero attached hydrogens (tertiary/aromatic N) is 1. The second-order valence-corrected chi connectivity index (χ2v) is 11.8. The largest absolute Gasteiger partial charge is 0.492 e. The van der Waals surface area contributed by atoms with E-state index < -0.39 is 21.6 Å². The normalized spacial score (nSPS) is 25.8. The number of unbranched alkanes of at least 4 members (excludes halogenated alkanes) is 2. The summed E-state index contributed by atoms with van der Waals surface area (Å²) < 4.78 is 5.57. The molecule has 206 valence electrons. The summed E-state index contributed by atoms with van der Waals surface area (Å²) in [7, 11) is 0. The summed E-state index contributed by atoms with van der Waals surface area (Å²) in [6.45, 7) is 2.67. The molecule has 3 amide bonds. The van der Waals surface area contributed by atoms with Gasteiger partial charge >= 0.3 is 0 Å². The van der Waals surface area contributed by atoms with Gasteiger partial charge in [0.25, 0.3) is 0 Å². The Balaban J connectivity index is 1.14. The van der Waals surface area contributed by atoms with Crippen molar-refractivity contribution in [3.8, 4) is 5.75 Å². The number of halogens is 2. The molecule has 3 aliphatic carbocycles. The van der Waals surface area contributed by atoms with Crippen LogP contribution in [0, 0.1) is 11.8 Å². The van der Waals surface area contributed by atoms with E-state index in [0.717, 1.165) is 22.3 Å². The average Bonchev–Trinajstić information content (AvgIpc) is 3.23. The second kappa shape index (κ2) is 10.2. The fourth-order valence-corrected chi connectivity index (χ4v) is 7.84. The molecule has 0 radical (unpaired) electrons. The number of benzene rings is 3. The zero-order chi connectivity index (χ0) is 28.1. The number of hydrogen-bond donors (Lipinski definition) is 1. The van der Waals surface area contributed by atoms with Crippen LogP contribution < -0.4 is 10.1 Å². The molecule has 0 spiro atoms. The van der Waals surface area contributed by atoms with E-state index in [-0.39, 0.29) is 24.3 Å². The van der Waals surface area contributed by atoms with Gasteiger partial charge in [-0.05, 0) is 54.2 Å². The van der Waals surface area contributed by atoms with Crippen LogP contribution in [-0.2, 0) is 24.1 Å². The number of carbonyl (C=O) groups is 3.